The number of anilines is 1. The maximum atomic E-state index is 6.02. The summed E-state index contributed by atoms with van der Waals surface area (Å²) in [6.45, 7) is 7.19. The number of rotatable bonds is 7. The van der Waals surface area contributed by atoms with Crippen LogP contribution in [0, 0.1) is 0 Å². The number of benzene rings is 1. The Morgan fingerprint density at radius 2 is 1.96 bits per heavy atom. The molecule has 1 aliphatic heterocycles. The van der Waals surface area contributed by atoms with Crippen molar-refractivity contribution in [2.24, 2.45) is 0 Å². The molecule has 3 N–H and O–H groups in total. The maximum Gasteiger partial charge on any atom is 0.0796 e. The van der Waals surface area contributed by atoms with E-state index in [0.717, 1.165) is 30.7 Å². The van der Waals surface area contributed by atoms with E-state index in [1.165, 1.54) is 55.3 Å². The topological polar surface area (TPSA) is 43.0 Å². The van der Waals surface area contributed by atoms with E-state index in [0.29, 0.717) is 0 Å². The van der Waals surface area contributed by atoms with Gasteiger partial charge >= 0.3 is 0 Å². The normalized spacial score (nSPS) is 17.6. The third-order valence-electron chi connectivity index (χ3n) is 5.32. The number of piperidine rings is 1. The van der Waals surface area contributed by atoms with Crippen molar-refractivity contribution in [1.82, 2.24) is 9.88 Å². The van der Waals surface area contributed by atoms with Gasteiger partial charge in [0.2, 0.25) is 0 Å². The van der Waals surface area contributed by atoms with Crippen molar-refractivity contribution in [2.45, 2.75) is 32.2 Å². The van der Waals surface area contributed by atoms with E-state index >= 15 is 0 Å². The lowest BCUT2D eigenvalue weighted by Crippen LogP contribution is -2.49. The van der Waals surface area contributed by atoms with Crippen LogP contribution in [0.25, 0.3) is 10.9 Å². The highest BCUT2D eigenvalue weighted by atomic mass is 15.3. The second kappa shape index (κ2) is 7.37. The van der Waals surface area contributed by atoms with Crippen LogP contribution in [0.5, 0.6) is 0 Å². The number of hydrogen-bond acceptors (Lipinski definition) is 2. The minimum absolute atomic E-state index is 0.868. The quantitative estimate of drug-likeness (QED) is 0.469. The summed E-state index contributed by atoms with van der Waals surface area (Å²) in [7, 11) is 2.43. The first kappa shape index (κ1) is 16.3. The first-order chi connectivity index (χ1) is 11.2. The van der Waals surface area contributed by atoms with E-state index in [9.17, 15) is 0 Å². The largest absolute Gasteiger partial charge is 0.398 e. The van der Waals surface area contributed by atoms with Crippen molar-refractivity contribution in [3.8, 4) is 0 Å². The molecule has 1 fully saturated rings. The van der Waals surface area contributed by atoms with Crippen LogP contribution in [0.1, 0.15) is 25.7 Å². The van der Waals surface area contributed by atoms with Crippen molar-refractivity contribution in [3.05, 3.63) is 30.5 Å². The van der Waals surface area contributed by atoms with Crippen LogP contribution in [-0.2, 0) is 6.54 Å². The van der Waals surface area contributed by atoms with Gasteiger partial charge in [-0.1, -0.05) is 6.07 Å². The average molecular weight is 315 g/mol. The first-order valence-electron chi connectivity index (χ1n) is 9.06. The molecule has 0 aliphatic carbocycles. The lowest BCUT2D eigenvalue weighted by Gasteiger charge is -2.37. The number of nitrogens with two attached hydrogens (primary N) is 1. The van der Waals surface area contributed by atoms with Crippen LogP contribution in [0.2, 0.25) is 0 Å². The van der Waals surface area contributed by atoms with Gasteiger partial charge in [0, 0.05) is 43.3 Å². The van der Waals surface area contributed by atoms with Gasteiger partial charge in [0.25, 0.3) is 0 Å². The molecule has 126 valence electrons. The molecule has 4 nitrogen and oxygen atoms in total. The van der Waals surface area contributed by atoms with Crippen molar-refractivity contribution >= 4 is 16.6 Å². The Balaban J connectivity index is 1.39. The van der Waals surface area contributed by atoms with Gasteiger partial charge in [-0.3, -0.25) is 0 Å². The van der Waals surface area contributed by atoms with Gasteiger partial charge in [0.15, 0.2) is 0 Å². The average Bonchev–Trinajstić information content (AvgIpc) is 2.96. The molecular weight excluding hydrogens is 284 g/mol. The lowest BCUT2D eigenvalue weighted by atomic mass is 10.1. The lowest BCUT2D eigenvalue weighted by molar-refractivity contribution is -0.914. The van der Waals surface area contributed by atoms with Gasteiger partial charge < -0.3 is 20.1 Å². The highest BCUT2D eigenvalue weighted by Crippen LogP contribution is 2.21. The smallest absolute Gasteiger partial charge is 0.0796 e. The summed E-state index contributed by atoms with van der Waals surface area (Å²) >= 11 is 0. The van der Waals surface area contributed by atoms with Crippen molar-refractivity contribution in [1.29, 1.82) is 0 Å². The highest BCUT2D eigenvalue weighted by Gasteiger charge is 2.23. The van der Waals surface area contributed by atoms with E-state index in [2.05, 4.69) is 35.3 Å². The number of nitrogens with one attached hydrogen (secondary N) is 1. The number of hydrogen-bond donors (Lipinski definition) is 2. The van der Waals surface area contributed by atoms with Gasteiger partial charge in [-0.05, 0) is 37.5 Å². The summed E-state index contributed by atoms with van der Waals surface area (Å²) in [5.74, 6) is 0. The monoisotopic (exact) mass is 315 g/mol. The number of quaternary nitrogens is 1. The van der Waals surface area contributed by atoms with E-state index < -0.39 is 0 Å². The fraction of sp³-hybridized carbons (Fsp3) is 0.579. The summed E-state index contributed by atoms with van der Waals surface area (Å²) in [6, 6.07) is 8.26. The van der Waals surface area contributed by atoms with Gasteiger partial charge in [-0.25, -0.2) is 0 Å². The molecule has 0 atom stereocenters. The number of likely N-dealkylation sites (tertiary alicyclic amines) is 1. The molecule has 0 bridgehead atoms. The maximum absolute atomic E-state index is 6.02. The minimum Gasteiger partial charge on any atom is -0.398 e. The Hall–Kier alpha value is -1.52. The Labute approximate surface area is 139 Å². The molecule has 1 aromatic carbocycles. The van der Waals surface area contributed by atoms with Crippen LogP contribution >= 0.6 is 0 Å². The molecule has 1 saturated heterocycles. The number of nitrogen functional groups attached to an aromatic ring is 1. The second-order valence-corrected chi connectivity index (χ2v) is 7.24. The van der Waals surface area contributed by atoms with Gasteiger partial charge in [0.1, 0.15) is 0 Å². The molecule has 0 amide bonds. The molecule has 0 saturated carbocycles. The second-order valence-electron chi connectivity index (χ2n) is 7.24. The fourth-order valence-electron chi connectivity index (χ4n) is 3.85. The Morgan fingerprint density at radius 3 is 2.78 bits per heavy atom. The molecular formula is C19H31N4+. The number of aromatic nitrogens is 1. The van der Waals surface area contributed by atoms with E-state index in [-0.39, 0.29) is 0 Å². The predicted octanol–water partition coefficient (Wildman–Crippen LogP) is 2.83. The van der Waals surface area contributed by atoms with E-state index in [1.807, 2.05) is 12.1 Å². The molecule has 3 rings (SSSR count). The molecule has 0 radical (unpaired) electrons. The molecule has 2 heterocycles. The molecule has 4 heteroatoms. The summed E-state index contributed by atoms with van der Waals surface area (Å²) < 4.78 is 3.57. The van der Waals surface area contributed by atoms with Gasteiger partial charge in [0.05, 0.1) is 32.2 Å². The third kappa shape index (κ3) is 4.06. The molecule has 1 aliphatic rings. The highest BCUT2D eigenvalue weighted by molar-refractivity contribution is 5.91. The molecule has 2 aromatic rings. The zero-order valence-corrected chi connectivity index (χ0v) is 14.4. The number of nitrogens with zero attached hydrogens (tertiary/aromatic N) is 2. The number of fused-ring (bicyclic) bond motifs is 1. The van der Waals surface area contributed by atoms with Crippen molar-refractivity contribution < 1.29 is 4.48 Å². The van der Waals surface area contributed by atoms with Crippen LogP contribution in [-0.4, -0.2) is 48.8 Å². The zero-order chi connectivity index (χ0) is 16.1. The first-order valence-corrected chi connectivity index (χ1v) is 9.06. The van der Waals surface area contributed by atoms with Crippen molar-refractivity contribution in [3.63, 3.8) is 0 Å². The standard InChI is InChI=1S/C19H31N4/c1-23(14-3-2-4-15-23)16-6-10-21-11-13-22-12-9-17-18(20)7-5-8-19(17)22/h5,7-9,12,21H,2-4,6,10-11,13-16,20H2,1H3/q+1. The summed E-state index contributed by atoms with van der Waals surface area (Å²) in [6.07, 6.45) is 7.67. The summed E-state index contributed by atoms with van der Waals surface area (Å²) in [5, 5.41) is 4.76. The summed E-state index contributed by atoms with van der Waals surface area (Å²) in [5.41, 5.74) is 8.12. The minimum atomic E-state index is 0.868. The summed E-state index contributed by atoms with van der Waals surface area (Å²) in [4.78, 5) is 0. The predicted molar refractivity (Wildman–Crippen MR) is 98.5 cm³/mol. The van der Waals surface area contributed by atoms with Crippen molar-refractivity contribution in [2.75, 3.05) is 45.5 Å². The van der Waals surface area contributed by atoms with Crippen LogP contribution < -0.4 is 11.1 Å². The Bertz CT molecular complexity index is 625. The zero-order valence-electron chi connectivity index (χ0n) is 14.4. The van der Waals surface area contributed by atoms with Crippen LogP contribution in [0.3, 0.4) is 0 Å². The van der Waals surface area contributed by atoms with Gasteiger partial charge in [-0.15, -0.1) is 0 Å². The molecule has 0 spiro atoms. The molecule has 0 unspecified atom stereocenters. The van der Waals surface area contributed by atoms with E-state index in [4.69, 9.17) is 5.73 Å². The SMILES string of the molecule is C[N+]1(CCCNCCn2ccc3c(N)cccc32)CCCCC1. The van der Waals surface area contributed by atoms with Crippen LogP contribution in [0.15, 0.2) is 30.5 Å². The third-order valence-corrected chi connectivity index (χ3v) is 5.32. The Kier molecular flexibility index (Phi) is 5.23. The van der Waals surface area contributed by atoms with Crippen LogP contribution in [0.4, 0.5) is 5.69 Å². The fourth-order valence-corrected chi connectivity index (χ4v) is 3.85. The molecule has 23 heavy (non-hydrogen) atoms. The Morgan fingerprint density at radius 1 is 1.13 bits per heavy atom. The van der Waals surface area contributed by atoms with Gasteiger partial charge in [-0.2, -0.15) is 0 Å². The molecule has 1 aromatic heterocycles. The van der Waals surface area contributed by atoms with E-state index in [1.54, 1.807) is 0 Å².